The highest BCUT2D eigenvalue weighted by atomic mass is 35.5. The second-order valence-corrected chi connectivity index (χ2v) is 7.12. The number of nitrogens with zero attached hydrogens (tertiary/aromatic N) is 3. The van der Waals surface area contributed by atoms with E-state index in [2.05, 4.69) is 16.0 Å². The van der Waals surface area contributed by atoms with Crippen LogP contribution in [0.2, 0.25) is 5.02 Å². The van der Waals surface area contributed by atoms with Gasteiger partial charge in [-0.3, -0.25) is 4.90 Å². The maximum atomic E-state index is 9.69. The number of hydrogen-bond donors (Lipinski definition) is 1. The molecule has 2 heterocycles. The first-order chi connectivity index (χ1) is 11.5. The fourth-order valence-electron chi connectivity index (χ4n) is 3.41. The molecule has 2 aromatic rings. The van der Waals surface area contributed by atoms with Crippen molar-refractivity contribution in [2.75, 3.05) is 6.54 Å². The van der Waals surface area contributed by atoms with Crippen LogP contribution < -0.4 is 0 Å². The number of hydrogen-bond acceptors (Lipinski definition) is 4. The second-order valence-electron chi connectivity index (χ2n) is 6.68. The zero-order valence-corrected chi connectivity index (χ0v) is 15.0. The molecule has 1 aromatic heterocycles. The largest absolute Gasteiger partial charge is 0.393 e. The minimum atomic E-state index is -0.257. The highest BCUT2D eigenvalue weighted by Gasteiger charge is 2.26. The van der Waals surface area contributed by atoms with Crippen LogP contribution in [-0.4, -0.2) is 38.7 Å². The molecule has 1 aromatic carbocycles. The molecule has 24 heavy (non-hydrogen) atoms. The average Bonchev–Trinajstić information content (AvgIpc) is 2.93. The molecule has 0 saturated carbocycles. The first-order valence-electron chi connectivity index (χ1n) is 8.54. The smallest absolute Gasteiger partial charge is 0.159 e. The van der Waals surface area contributed by atoms with Crippen LogP contribution in [0, 0.1) is 6.92 Å². The number of aliphatic hydroxyl groups excluding tert-OH is 1. The van der Waals surface area contributed by atoms with Crippen molar-refractivity contribution in [2.24, 2.45) is 0 Å². The second kappa shape index (κ2) is 7.60. The number of benzene rings is 1. The van der Waals surface area contributed by atoms with Crippen LogP contribution in [-0.2, 0) is 6.54 Å². The molecule has 1 aliphatic heterocycles. The molecule has 0 bridgehead atoms. The monoisotopic (exact) mass is 345 g/mol. The van der Waals surface area contributed by atoms with Gasteiger partial charge >= 0.3 is 0 Å². The Hall–Kier alpha value is -1.49. The number of likely N-dealkylation sites (tertiary alicyclic amines) is 1. The van der Waals surface area contributed by atoms with E-state index in [4.69, 9.17) is 16.6 Å². The Kier molecular flexibility index (Phi) is 5.49. The molecular weight excluding hydrogens is 322 g/mol. The van der Waals surface area contributed by atoms with Gasteiger partial charge in [0, 0.05) is 28.9 Å². The summed E-state index contributed by atoms with van der Waals surface area (Å²) in [6.45, 7) is 5.74. The number of rotatable bonds is 5. The molecule has 1 aliphatic rings. The van der Waals surface area contributed by atoms with Gasteiger partial charge < -0.3 is 5.11 Å². The molecule has 0 aliphatic carbocycles. The Morgan fingerprint density at radius 2 is 2.04 bits per heavy atom. The molecule has 0 radical (unpaired) electrons. The van der Waals surface area contributed by atoms with Crippen molar-refractivity contribution in [2.45, 2.75) is 51.8 Å². The zero-order chi connectivity index (χ0) is 17.1. The van der Waals surface area contributed by atoms with E-state index in [-0.39, 0.29) is 6.10 Å². The van der Waals surface area contributed by atoms with E-state index in [1.165, 1.54) is 6.42 Å². The summed E-state index contributed by atoms with van der Waals surface area (Å²) in [6.07, 6.45) is 2.91. The molecule has 0 spiro atoms. The standard InChI is InChI=1S/C19H24ClN3O/c1-13-10-17(12-23-9-3-4-18(23)11-14(2)24)22-19(21-13)15-5-7-16(20)8-6-15/h5-8,10,14,18,24H,3-4,9,11-12H2,1-2H3. The average molecular weight is 346 g/mol. The van der Waals surface area contributed by atoms with Crippen LogP contribution in [0.15, 0.2) is 30.3 Å². The highest BCUT2D eigenvalue weighted by Crippen LogP contribution is 2.24. The Morgan fingerprint density at radius 1 is 1.29 bits per heavy atom. The number of halogens is 1. The van der Waals surface area contributed by atoms with Crippen molar-refractivity contribution in [3.63, 3.8) is 0 Å². The van der Waals surface area contributed by atoms with Crippen LogP contribution in [0.3, 0.4) is 0 Å². The molecule has 1 saturated heterocycles. The van der Waals surface area contributed by atoms with Gasteiger partial charge in [0.2, 0.25) is 0 Å². The summed E-state index contributed by atoms with van der Waals surface area (Å²) in [5, 5.41) is 10.4. The summed E-state index contributed by atoms with van der Waals surface area (Å²) < 4.78 is 0. The Bertz CT molecular complexity index is 688. The van der Waals surface area contributed by atoms with Crippen molar-refractivity contribution in [3.8, 4) is 11.4 Å². The molecule has 1 fully saturated rings. The molecule has 1 N–H and O–H groups in total. The summed E-state index contributed by atoms with van der Waals surface area (Å²) >= 11 is 5.96. The lowest BCUT2D eigenvalue weighted by molar-refractivity contribution is 0.130. The maximum Gasteiger partial charge on any atom is 0.159 e. The van der Waals surface area contributed by atoms with Crippen LogP contribution in [0.25, 0.3) is 11.4 Å². The van der Waals surface area contributed by atoms with E-state index in [9.17, 15) is 5.11 Å². The van der Waals surface area contributed by atoms with Gasteiger partial charge in [-0.15, -0.1) is 0 Å². The van der Waals surface area contributed by atoms with E-state index >= 15 is 0 Å². The van der Waals surface area contributed by atoms with Crippen LogP contribution in [0.5, 0.6) is 0 Å². The molecule has 2 unspecified atom stereocenters. The topological polar surface area (TPSA) is 49.2 Å². The third-order valence-electron chi connectivity index (χ3n) is 4.49. The van der Waals surface area contributed by atoms with Gasteiger partial charge in [0.15, 0.2) is 5.82 Å². The Balaban J connectivity index is 1.80. The first kappa shape index (κ1) is 17.3. The number of aliphatic hydroxyl groups is 1. The molecule has 2 atom stereocenters. The van der Waals surface area contributed by atoms with Crippen LogP contribution in [0.1, 0.15) is 37.6 Å². The minimum Gasteiger partial charge on any atom is -0.393 e. The quantitative estimate of drug-likeness (QED) is 0.894. The van der Waals surface area contributed by atoms with Gasteiger partial charge in [-0.05, 0) is 70.0 Å². The lowest BCUT2D eigenvalue weighted by atomic mass is 10.1. The van der Waals surface area contributed by atoms with Crippen molar-refractivity contribution >= 4 is 11.6 Å². The fourth-order valence-corrected chi connectivity index (χ4v) is 3.54. The minimum absolute atomic E-state index is 0.257. The SMILES string of the molecule is Cc1cc(CN2CCCC2CC(C)O)nc(-c2ccc(Cl)cc2)n1. The fraction of sp³-hybridized carbons (Fsp3) is 0.474. The number of aromatic nitrogens is 2. The van der Waals surface area contributed by atoms with Crippen molar-refractivity contribution in [3.05, 3.63) is 46.7 Å². The maximum absolute atomic E-state index is 9.69. The first-order valence-corrected chi connectivity index (χ1v) is 8.91. The Labute approximate surface area is 148 Å². The van der Waals surface area contributed by atoms with Crippen LogP contribution >= 0.6 is 11.6 Å². The van der Waals surface area contributed by atoms with E-state index in [1.807, 2.05) is 38.1 Å². The third-order valence-corrected chi connectivity index (χ3v) is 4.74. The lowest BCUT2D eigenvalue weighted by Gasteiger charge is -2.25. The molecule has 0 amide bonds. The van der Waals surface area contributed by atoms with E-state index in [0.717, 1.165) is 48.7 Å². The molecule has 5 heteroatoms. The van der Waals surface area contributed by atoms with Gasteiger partial charge in [0.1, 0.15) is 0 Å². The van der Waals surface area contributed by atoms with Crippen molar-refractivity contribution in [1.29, 1.82) is 0 Å². The third kappa shape index (κ3) is 4.32. The molecule has 3 rings (SSSR count). The van der Waals surface area contributed by atoms with E-state index in [1.54, 1.807) is 0 Å². The summed E-state index contributed by atoms with van der Waals surface area (Å²) in [5.74, 6) is 0.743. The van der Waals surface area contributed by atoms with Crippen LogP contribution in [0.4, 0.5) is 0 Å². The van der Waals surface area contributed by atoms with Gasteiger partial charge in [-0.2, -0.15) is 0 Å². The Morgan fingerprint density at radius 3 is 2.75 bits per heavy atom. The zero-order valence-electron chi connectivity index (χ0n) is 14.2. The number of aryl methyl sites for hydroxylation is 1. The van der Waals surface area contributed by atoms with Crippen molar-refractivity contribution < 1.29 is 5.11 Å². The molecular formula is C19H24ClN3O. The normalized spacial score (nSPS) is 19.6. The predicted octanol–water partition coefficient (Wildman–Crippen LogP) is 3.84. The summed E-state index contributed by atoms with van der Waals surface area (Å²) in [7, 11) is 0. The van der Waals surface area contributed by atoms with E-state index in [0.29, 0.717) is 11.1 Å². The van der Waals surface area contributed by atoms with Gasteiger partial charge in [-0.1, -0.05) is 11.6 Å². The summed E-state index contributed by atoms with van der Waals surface area (Å²) in [6, 6.07) is 10.1. The lowest BCUT2D eigenvalue weighted by Crippen LogP contribution is -2.31. The van der Waals surface area contributed by atoms with Gasteiger partial charge in [0.25, 0.3) is 0 Å². The molecule has 128 valence electrons. The highest BCUT2D eigenvalue weighted by molar-refractivity contribution is 6.30. The summed E-state index contributed by atoms with van der Waals surface area (Å²) in [5.41, 5.74) is 2.98. The molecule has 4 nitrogen and oxygen atoms in total. The predicted molar refractivity (Wildman–Crippen MR) is 96.9 cm³/mol. The van der Waals surface area contributed by atoms with Gasteiger partial charge in [-0.25, -0.2) is 9.97 Å². The van der Waals surface area contributed by atoms with E-state index < -0.39 is 0 Å². The van der Waals surface area contributed by atoms with Crippen molar-refractivity contribution in [1.82, 2.24) is 14.9 Å². The summed E-state index contributed by atoms with van der Waals surface area (Å²) in [4.78, 5) is 11.7. The van der Waals surface area contributed by atoms with Gasteiger partial charge in [0.05, 0.1) is 11.8 Å².